The Hall–Kier alpha value is -2.07. The average molecular weight is 398 g/mol. The molecule has 29 heavy (non-hydrogen) atoms. The number of carbonyl (C=O) groups is 1. The summed E-state index contributed by atoms with van der Waals surface area (Å²) in [7, 11) is 0. The molecule has 4 nitrogen and oxygen atoms in total. The lowest BCUT2D eigenvalue weighted by molar-refractivity contribution is -0.121. The van der Waals surface area contributed by atoms with Crippen LogP contribution in [0.5, 0.6) is 0 Å². The van der Waals surface area contributed by atoms with Gasteiger partial charge >= 0.3 is 6.09 Å². The third kappa shape index (κ3) is 5.51. The van der Waals surface area contributed by atoms with Gasteiger partial charge in [-0.2, -0.15) is 0 Å². The lowest BCUT2D eigenvalue weighted by Gasteiger charge is -2.42. The summed E-state index contributed by atoms with van der Waals surface area (Å²) in [4.78, 5) is 14.7. The summed E-state index contributed by atoms with van der Waals surface area (Å²) in [6.45, 7) is 11.5. The van der Waals surface area contributed by atoms with Crippen molar-refractivity contribution in [3.63, 3.8) is 0 Å². The van der Waals surface area contributed by atoms with Crippen molar-refractivity contribution in [3.8, 4) is 0 Å². The van der Waals surface area contributed by atoms with Gasteiger partial charge in [0.25, 0.3) is 0 Å². The first-order valence-electron chi connectivity index (χ1n) is 10.8. The third-order valence-corrected chi connectivity index (χ3v) is 5.56. The van der Waals surface area contributed by atoms with Crippen molar-refractivity contribution >= 4 is 6.09 Å². The Morgan fingerprint density at radius 3 is 2.62 bits per heavy atom. The number of nitrogens with zero attached hydrogens (tertiary/aromatic N) is 1. The molecule has 0 aromatic heterocycles. The van der Waals surface area contributed by atoms with Gasteiger partial charge in [0.15, 0.2) is 0 Å². The summed E-state index contributed by atoms with van der Waals surface area (Å²) in [5.74, 6) is 0.761. The molecule has 1 amide bonds. The second kappa shape index (κ2) is 9.17. The van der Waals surface area contributed by atoms with Crippen LogP contribution in [-0.4, -0.2) is 36.0 Å². The molecule has 2 aliphatic rings. The van der Waals surface area contributed by atoms with Crippen LogP contribution < -0.4 is 0 Å². The smallest absolute Gasteiger partial charge is 0.412 e. The number of hydrogen-bond donors (Lipinski definition) is 0. The van der Waals surface area contributed by atoms with Crippen LogP contribution in [-0.2, 0) is 9.47 Å². The fraction of sp³-hybridized carbons (Fsp3) is 0.560. The van der Waals surface area contributed by atoms with Crippen LogP contribution in [0.15, 0.2) is 54.1 Å². The zero-order valence-corrected chi connectivity index (χ0v) is 18.4. The molecule has 0 N–H and O–H groups in total. The molecule has 0 spiro atoms. The molecule has 0 radical (unpaired) electrons. The normalized spacial score (nSPS) is 24.6. The molecule has 1 aromatic rings. The van der Waals surface area contributed by atoms with Crippen molar-refractivity contribution < 1.29 is 14.3 Å². The number of hydrogen-bond acceptors (Lipinski definition) is 3. The Bertz CT molecular complexity index is 747. The van der Waals surface area contributed by atoms with E-state index in [4.69, 9.17) is 9.47 Å². The number of rotatable bonds is 4. The molecule has 4 atom stereocenters. The average Bonchev–Trinajstić information content (AvgIpc) is 2.68. The number of allylic oxidation sites excluding steroid dienone is 4. The fourth-order valence-corrected chi connectivity index (χ4v) is 4.31. The van der Waals surface area contributed by atoms with E-state index in [9.17, 15) is 4.79 Å². The maximum Gasteiger partial charge on any atom is 0.412 e. The van der Waals surface area contributed by atoms with E-state index in [1.807, 2.05) is 26.8 Å². The van der Waals surface area contributed by atoms with Crippen LogP contribution in [0.2, 0.25) is 0 Å². The molecule has 1 heterocycles. The largest absolute Gasteiger partial charge is 0.444 e. The van der Waals surface area contributed by atoms with E-state index in [0.717, 1.165) is 12.8 Å². The van der Waals surface area contributed by atoms with E-state index < -0.39 is 5.60 Å². The number of benzene rings is 1. The molecule has 1 aliphatic heterocycles. The lowest BCUT2D eigenvalue weighted by Crippen LogP contribution is -2.52. The zero-order valence-electron chi connectivity index (χ0n) is 18.4. The van der Waals surface area contributed by atoms with Gasteiger partial charge in [0.05, 0.1) is 6.61 Å². The SMILES string of the molecule is CC(C(C1=C[C@@H](C)CC=C1)c1ccccc1)C1OCCCN1C(=O)OC(C)(C)C. The highest BCUT2D eigenvalue weighted by Gasteiger charge is 2.39. The van der Waals surface area contributed by atoms with Gasteiger partial charge in [-0.3, -0.25) is 4.90 Å². The molecule has 3 rings (SSSR count). The van der Waals surface area contributed by atoms with Gasteiger partial charge in [0.2, 0.25) is 0 Å². The number of carbonyl (C=O) groups excluding carboxylic acids is 1. The Labute approximate surface area is 175 Å². The second-order valence-corrected chi connectivity index (χ2v) is 9.32. The third-order valence-electron chi connectivity index (χ3n) is 5.56. The highest BCUT2D eigenvalue weighted by atomic mass is 16.6. The first-order chi connectivity index (χ1) is 13.8. The summed E-state index contributed by atoms with van der Waals surface area (Å²) in [6.07, 6.45) is 8.18. The number of amides is 1. The molecule has 0 bridgehead atoms. The molecular formula is C25H35NO3. The van der Waals surface area contributed by atoms with Crippen LogP contribution >= 0.6 is 0 Å². The van der Waals surface area contributed by atoms with Crippen LogP contribution in [0.25, 0.3) is 0 Å². The summed E-state index contributed by atoms with van der Waals surface area (Å²) >= 11 is 0. The van der Waals surface area contributed by atoms with Crippen molar-refractivity contribution in [1.82, 2.24) is 4.90 Å². The summed E-state index contributed by atoms with van der Waals surface area (Å²) in [5.41, 5.74) is 2.04. The molecule has 158 valence electrons. The van der Waals surface area contributed by atoms with Gasteiger partial charge in [-0.1, -0.05) is 62.4 Å². The van der Waals surface area contributed by atoms with Crippen LogP contribution in [0.1, 0.15) is 58.9 Å². The first kappa shape index (κ1) is 21.6. The van der Waals surface area contributed by atoms with Gasteiger partial charge < -0.3 is 9.47 Å². The van der Waals surface area contributed by atoms with Crippen LogP contribution in [0, 0.1) is 11.8 Å². The summed E-state index contributed by atoms with van der Waals surface area (Å²) in [6, 6.07) is 10.6. The first-order valence-corrected chi connectivity index (χ1v) is 10.8. The van der Waals surface area contributed by atoms with Crippen molar-refractivity contribution in [1.29, 1.82) is 0 Å². The van der Waals surface area contributed by atoms with Gasteiger partial charge in [0, 0.05) is 18.4 Å². The van der Waals surface area contributed by atoms with Crippen molar-refractivity contribution in [2.75, 3.05) is 13.2 Å². The monoisotopic (exact) mass is 397 g/mol. The standard InChI is InChI=1S/C25H35NO3/c1-18-11-9-14-21(17-18)22(20-12-7-6-8-13-20)19(2)23-26(15-10-16-28-23)24(27)29-25(3,4)5/h6-9,12-14,17-19,22-23H,10-11,15-16H2,1-5H3/t18-,19?,22?,23?/m0/s1. The fourth-order valence-electron chi connectivity index (χ4n) is 4.31. The maximum atomic E-state index is 12.9. The number of ether oxygens (including phenoxy) is 2. The molecule has 3 unspecified atom stereocenters. The van der Waals surface area contributed by atoms with E-state index in [2.05, 4.69) is 56.3 Å². The van der Waals surface area contributed by atoms with Gasteiger partial charge in [-0.15, -0.1) is 0 Å². The predicted molar refractivity (Wildman–Crippen MR) is 117 cm³/mol. The van der Waals surface area contributed by atoms with Gasteiger partial charge in [0.1, 0.15) is 11.8 Å². The molecule has 1 fully saturated rings. The molecule has 1 aliphatic carbocycles. The van der Waals surface area contributed by atoms with E-state index >= 15 is 0 Å². The topological polar surface area (TPSA) is 38.8 Å². The molecular weight excluding hydrogens is 362 g/mol. The lowest BCUT2D eigenvalue weighted by atomic mass is 9.77. The Kier molecular flexibility index (Phi) is 6.84. The summed E-state index contributed by atoms with van der Waals surface area (Å²) < 4.78 is 11.9. The minimum absolute atomic E-state index is 0.0893. The predicted octanol–water partition coefficient (Wildman–Crippen LogP) is 5.91. The Balaban J connectivity index is 1.92. The Morgan fingerprint density at radius 2 is 1.97 bits per heavy atom. The second-order valence-electron chi connectivity index (χ2n) is 9.32. The van der Waals surface area contributed by atoms with E-state index in [0.29, 0.717) is 19.1 Å². The van der Waals surface area contributed by atoms with Crippen molar-refractivity contribution in [2.24, 2.45) is 11.8 Å². The maximum absolute atomic E-state index is 12.9. The molecule has 4 heteroatoms. The Morgan fingerprint density at radius 1 is 1.24 bits per heavy atom. The highest BCUT2D eigenvalue weighted by Crippen LogP contribution is 2.39. The summed E-state index contributed by atoms with van der Waals surface area (Å²) in [5, 5.41) is 0. The minimum atomic E-state index is -0.523. The molecule has 1 saturated heterocycles. The van der Waals surface area contributed by atoms with Crippen molar-refractivity contribution in [2.45, 2.75) is 65.2 Å². The molecule has 1 aromatic carbocycles. The van der Waals surface area contributed by atoms with E-state index in [-0.39, 0.29) is 24.2 Å². The van der Waals surface area contributed by atoms with Crippen LogP contribution in [0.3, 0.4) is 0 Å². The molecule has 0 saturated carbocycles. The van der Waals surface area contributed by atoms with Gasteiger partial charge in [-0.25, -0.2) is 4.79 Å². The zero-order chi connectivity index (χ0) is 21.0. The van der Waals surface area contributed by atoms with E-state index in [1.54, 1.807) is 4.90 Å². The highest BCUT2D eigenvalue weighted by molar-refractivity contribution is 5.68. The van der Waals surface area contributed by atoms with Crippen molar-refractivity contribution in [3.05, 3.63) is 59.7 Å². The van der Waals surface area contributed by atoms with E-state index in [1.165, 1.54) is 11.1 Å². The quantitative estimate of drug-likeness (QED) is 0.634. The minimum Gasteiger partial charge on any atom is -0.444 e. The van der Waals surface area contributed by atoms with Crippen LogP contribution in [0.4, 0.5) is 4.79 Å². The van der Waals surface area contributed by atoms with Gasteiger partial charge in [-0.05, 0) is 50.7 Å².